The maximum atomic E-state index is 9.35. The Morgan fingerprint density at radius 1 is 1.00 bits per heavy atom. The highest BCUT2D eigenvalue weighted by atomic mass is 16.3. The van der Waals surface area contributed by atoms with Crippen molar-refractivity contribution in [3.8, 4) is 17.4 Å². The Balaban J connectivity index is 2.38. The molecule has 0 fully saturated rings. The van der Waals surface area contributed by atoms with Crippen LogP contribution < -0.4 is 0 Å². The van der Waals surface area contributed by atoms with Gasteiger partial charge < -0.3 is 4.42 Å². The van der Waals surface area contributed by atoms with Crippen LogP contribution in [0.4, 0.5) is 0 Å². The number of fused-ring (bicyclic) bond motifs is 1. The van der Waals surface area contributed by atoms with Gasteiger partial charge in [-0.2, -0.15) is 5.26 Å². The summed E-state index contributed by atoms with van der Waals surface area (Å²) in [5.41, 5.74) is 3.39. The highest BCUT2D eigenvalue weighted by Gasteiger charge is 2.16. The minimum absolute atomic E-state index is 0.611. The van der Waals surface area contributed by atoms with Crippen molar-refractivity contribution in [3.63, 3.8) is 0 Å². The fourth-order valence-electron chi connectivity index (χ4n) is 2.16. The first kappa shape index (κ1) is 10.6. The third kappa shape index (κ3) is 1.49. The van der Waals surface area contributed by atoms with E-state index < -0.39 is 0 Å². The Bertz CT molecular complexity index is 748. The lowest BCUT2D eigenvalue weighted by Crippen LogP contribution is -1.77. The van der Waals surface area contributed by atoms with Gasteiger partial charge in [0.25, 0.3) is 0 Å². The van der Waals surface area contributed by atoms with Crippen LogP contribution in [0.15, 0.2) is 52.9 Å². The standard InChI is InChI=1S/C16H11NO/c1-11-6-5-9-13-14(10-17)16(18-15(11)13)12-7-3-2-4-8-12/h2-9H,1H3. The SMILES string of the molecule is Cc1cccc2c(C#N)c(-c3ccccc3)oc12. The molecule has 0 unspecified atom stereocenters. The van der Waals surface area contributed by atoms with Gasteiger partial charge in [0.15, 0.2) is 5.76 Å². The first-order valence-corrected chi connectivity index (χ1v) is 5.79. The van der Waals surface area contributed by atoms with Crippen LogP contribution in [0.1, 0.15) is 11.1 Å². The average Bonchev–Trinajstić information content (AvgIpc) is 2.80. The van der Waals surface area contributed by atoms with E-state index in [9.17, 15) is 5.26 Å². The van der Waals surface area contributed by atoms with Crippen molar-refractivity contribution in [2.75, 3.05) is 0 Å². The molecule has 1 heterocycles. The summed E-state index contributed by atoms with van der Waals surface area (Å²) in [5.74, 6) is 0.655. The van der Waals surface area contributed by atoms with E-state index in [2.05, 4.69) is 6.07 Å². The predicted octanol–water partition coefficient (Wildman–Crippen LogP) is 4.28. The van der Waals surface area contributed by atoms with Crippen molar-refractivity contribution in [1.29, 1.82) is 5.26 Å². The summed E-state index contributed by atoms with van der Waals surface area (Å²) < 4.78 is 5.88. The van der Waals surface area contributed by atoms with Crippen LogP contribution in [0.5, 0.6) is 0 Å². The Morgan fingerprint density at radius 3 is 2.50 bits per heavy atom. The van der Waals surface area contributed by atoms with Crippen molar-refractivity contribution in [1.82, 2.24) is 0 Å². The topological polar surface area (TPSA) is 36.9 Å². The number of hydrogen-bond acceptors (Lipinski definition) is 2. The summed E-state index contributed by atoms with van der Waals surface area (Å²) in [4.78, 5) is 0. The van der Waals surface area contributed by atoms with E-state index in [0.29, 0.717) is 11.3 Å². The number of rotatable bonds is 1. The predicted molar refractivity (Wildman–Crippen MR) is 71.1 cm³/mol. The number of nitriles is 1. The fourth-order valence-corrected chi connectivity index (χ4v) is 2.16. The molecule has 0 aliphatic carbocycles. The van der Waals surface area contributed by atoms with Crippen LogP contribution in [0.2, 0.25) is 0 Å². The van der Waals surface area contributed by atoms with E-state index in [-0.39, 0.29) is 0 Å². The molecule has 3 aromatic rings. The molecule has 0 amide bonds. The number of furan rings is 1. The molecule has 86 valence electrons. The van der Waals surface area contributed by atoms with Crippen LogP contribution in [0.3, 0.4) is 0 Å². The summed E-state index contributed by atoms with van der Waals surface area (Å²) in [7, 11) is 0. The maximum Gasteiger partial charge on any atom is 0.153 e. The highest BCUT2D eigenvalue weighted by Crippen LogP contribution is 2.34. The second-order valence-electron chi connectivity index (χ2n) is 4.24. The van der Waals surface area contributed by atoms with Crippen molar-refractivity contribution in [2.45, 2.75) is 6.92 Å². The van der Waals surface area contributed by atoms with Crippen LogP contribution in [0.25, 0.3) is 22.3 Å². The summed E-state index contributed by atoms with van der Waals surface area (Å²) in [6.07, 6.45) is 0. The highest BCUT2D eigenvalue weighted by molar-refractivity contribution is 5.92. The fraction of sp³-hybridized carbons (Fsp3) is 0.0625. The van der Waals surface area contributed by atoms with Crippen LogP contribution in [0, 0.1) is 18.3 Å². The van der Waals surface area contributed by atoms with Gasteiger partial charge in [0.2, 0.25) is 0 Å². The maximum absolute atomic E-state index is 9.35. The van der Waals surface area contributed by atoms with Crippen molar-refractivity contribution < 1.29 is 4.42 Å². The van der Waals surface area contributed by atoms with Crippen molar-refractivity contribution in [2.24, 2.45) is 0 Å². The van der Waals surface area contributed by atoms with E-state index in [0.717, 1.165) is 22.1 Å². The molecular formula is C16H11NO. The van der Waals surface area contributed by atoms with E-state index in [1.807, 2.05) is 55.5 Å². The zero-order valence-electron chi connectivity index (χ0n) is 9.97. The molecule has 0 atom stereocenters. The smallest absolute Gasteiger partial charge is 0.153 e. The van der Waals surface area contributed by atoms with Crippen LogP contribution >= 0.6 is 0 Å². The molecule has 3 rings (SSSR count). The van der Waals surface area contributed by atoms with E-state index in [4.69, 9.17) is 4.42 Å². The van der Waals surface area contributed by atoms with Gasteiger partial charge in [0, 0.05) is 10.9 Å². The first-order valence-electron chi connectivity index (χ1n) is 5.79. The summed E-state index contributed by atoms with van der Waals surface area (Å²) in [6, 6.07) is 17.8. The summed E-state index contributed by atoms with van der Waals surface area (Å²) in [6.45, 7) is 1.99. The van der Waals surface area contributed by atoms with Crippen LogP contribution in [-0.2, 0) is 0 Å². The normalized spacial score (nSPS) is 10.4. The molecule has 0 N–H and O–H groups in total. The molecule has 0 saturated carbocycles. The van der Waals surface area contributed by atoms with Gasteiger partial charge in [-0.05, 0) is 18.6 Å². The van der Waals surface area contributed by atoms with Gasteiger partial charge in [-0.15, -0.1) is 0 Å². The molecule has 1 aromatic heterocycles. The van der Waals surface area contributed by atoms with Gasteiger partial charge in [-0.3, -0.25) is 0 Å². The molecule has 18 heavy (non-hydrogen) atoms. The molecule has 0 bridgehead atoms. The summed E-state index contributed by atoms with van der Waals surface area (Å²) >= 11 is 0. The molecule has 2 aromatic carbocycles. The molecule has 0 radical (unpaired) electrons. The van der Waals surface area contributed by atoms with Gasteiger partial charge in [0.1, 0.15) is 17.2 Å². The van der Waals surface area contributed by atoms with Crippen molar-refractivity contribution in [3.05, 3.63) is 59.7 Å². The second-order valence-corrected chi connectivity index (χ2v) is 4.24. The lowest BCUT2D eigenvalue weighted by molar-refractivity contribution is 0.628. The minimum Gasteiger partial charge on any atom is -0.454 e. The number of hydrogen-bond donors (Lipinski definition) is 0. The lowest BCUT2D eigenvalue weighted by atomic mass is 10.1. The van der Waals surface area contributed by atoms with Crippen LogP contribution in [-0.4, -0.2) is 0 Å². The Morgan fingerprint density at radius 2 is 1.78 bits per heavy atom. The zero-order chi connectivity index (χ0) is 12.5. The summed E-state index contributed by atoms with van der Waals surface area (Å²) in [5, 5.41) is 10.2. The van der Waals surface area contributed by atoms with Gasteiger partial charge >= 0.3 is 0 Å². The van der Waals surface area contributed by atoms with Crippen molar-refractivity contribution >= 4 is 11.0 Å². The number of aryl methyl sites for hydroxylation is 1. The Labute approximate surface area is 105 Å². The molecule has 0 saturated heterocycles. The van der Waals surface area contributed by atoms with Gasteiger partial charge in [-0.1, -0.05) is 42.5 Å². The largest absolute Gasteiger partial charge is 0.454 e. The quantitative estimate of drug-likeness (QED) is 0.629. The molecule has 2 nitrogen and oxygen atoms in total. The minimum atomic E-state index is 0.611. The van der Waals surface area contributed by atoms with Gasteiger partial charge in [-0.25, -0.2) is 0 Å². The number of benzene rings is 2. The monoisotopic (exact) mass is 233 g/mol. The molecule has 0 aliphatic heterocycles. The van der Waals surface area contributed by atoms with E-state index in [1.54, 1.807) is 0 Å². The zero-order valence-corrected chi connectivity index (χ0v) is 9.97. The van der Waals surface area contributed by atoms with Gasteiger partial charge in [0.05, 0.1) is 0 Å². The van der Waals surface area contributed by atoms with E-state index in [1.165, 1.54) is 0 Å². The third-order valence-electron chi connectivity index (χ3n) is 3.06. The Kier molecular flexibility index (Phi) is 2.39. The average molecular weight is 233 g/mol. The Hall–Kier alpha value is -2.53. The molecule has 0 aliphatic rings. The number of nitrogens with zero attached hydrogens (tertiary/aromatic N) is 1. The molecule has 0 spiro atoms. The second kappa shape index (κ2) is 4.05. The molecule has 2 heteroatoms. The lowest BCUT2D eigenvalue weighted by Gasteiger charge is -1.95. The third-order valence-corrected chi connectivity index (χ3v) is 3.06. The molecular weight excluding hydrogens is 222 g/mol. The van der Waals surface area contributed by atoms with E-state index >= 15 is 0 Å². The first-order chi connectivity index (χ1) is 8.81. The number of para-hydroxylation sites is 1.